The summed E-state index contributed by atoms with van der Waals surface area (Å²) in [5.74, 6) is 0.819. The molecule has 3 nitrogen and oxygen atoms in total. The van der Waals surface area contributed by atoms with E-state index in [1.165, 1.54) is 12.1 Å². The van der Waals surface area contributed by atoms with E-state index in [9.17, 15) is 4.39 Å². The van der Waals surface area contributed by atoms with Gasteiger partial charge in [0.25, 0.3) is 0 Å². The molecule has 1 unspecified atom stereocenters. The Hall–Kier alpha value is -1.71. The highest BCUT2D eigenvalue weighted by Crippen LogP contribution is 2.63. The highest BCUT2D eigenvalue weighted by atomic mass is 19.1. The van der Waals surface area contributed by atoms with Crippen LogP contribution in [0.25, 0.3) is 5.69 Å². The Kier molecular flexibility index (Phi) is 2.30. The Morgan fingerprint density at radius 1 is 1.33 bits per heavy atom. The van der Waals surface area contributed by atoms with Crippen molar-refractivity contribution in [3.05, 3.63) is 42.0 Å². The number of aromatic nitrogens is 3. The van der Waals surface area contributed by atoms with Crippen molar-refractivity contribution in [2.75, 3.05) is 0 Å². The Morgan fingerprint density at radius 2 is 2.06 bits per heavy atom. The van der Waals surface area contributed by atoms with Gasteiger partial charge in [-0.25, -0.2) is 9.07 Å². The van der Waals surface area contributed by atoms with Crippen LogP contribution in [0.1, 0.15) is 32.4 Å². The molecular formula is C14H16FN3. The molecule has 2 aromatic rings. The third-order valence-corrected chi connectivity index (χ3v) is 4.27. The zero-order chi connectivity index (χ0) is 12.9. The summed E-state index contributed by atoms with van der Waals surface area (Å²) in [5, 5.41) is 8.31. The first kappa shape index (κ1) is 11.4. The third-order valence-electron chi connectivity index (χ3n) is 4.27. The zero-order valence-electron chi connectivity index (χ0n) is 10.8. The molecule has 0 N–H and O–H groups in total. The summed E-state index contributed by atoms with van der Waals surface area (Å²) in [7, 11) is 0. The van der Waals surface area contributed by atoms with E-state index in [2.05, 4.69) is 31.1 Å². The first-order valence-corrected chi connectivity index (χ1v) is 6.18. The molecular weight excluding hydrogens is 229 g/mol. The first-order chi connectivity index (χ1) is 8.50. The quantitative estimate of drug-likeness (QED) is 0.813. The normalized spacial score (nSPS) is 25.1. The molecule has 1 heterocycles. The van der Waals surface area contributed by atoms with Crippen molar-refractivity contribution < 1.29 is 4.39 Å². The number of benzene rings is 1. The summed E-state index contributed by atoms with van der Waals surface area (Å²) < 4.78 is 14.8. The van der Waals surface area contributed by atoms with Gasteiger partial charge >= 0.3 is 0 Å². The molecule has 0 saturated heterocycles. The van der Waals surface area contributed by atoms with Crippen molar-refractivity contribution >= 4 is 0 Å². The summed E-state index contributed by atoms with van der Waals surface area (Å²) in [4.78, 5) is 0. The third kappa shape index (κ3) is 1.64. The van der Waals surface area contributed by atoms with E-state index in [1.807, 2.05) is 12.3 Å². The molecule has 94 valence electrons. The zero-order valence-corrected chi connectivity index (χ0v) is 10.8. The average Bonchev–Trinajstić information content (AvgIpc) is 2.68. The van der Waals surface area contributed by atoms with E-state index < -0.39 is 0 Å². The molecule has 2 atom stereocenters. The Balaban J connectivity index is 1.91. The van der Waals surface area contributed by atoms with Gasteiger partial charge < -0.3 is 0 Å². The van der Waals surface area contributed by atoms with Gasteiger partial charge in [0.1, 0.15) is 5.82 Å². The predicted molar refractivity (Wildman–Crippen MR) is 67.0 cm³/mol. The molecule has 3 rings (SSSR count). The monoisotopic (exact) mass is 245 g/mol. The maximum absolute atomic E-state index is 13.2. The van der Waals surface area contributed by atoms with Crippen LogP contribution >= 0.6 is 0 Å². The SMILES string of the molecule is CC1[C@@H](c2cn(-c3cccc(F)c3)nn2)C1(C)C. The predicted octanol–water partition coefficient (Wildman–Crippen LogP) is 3.17. The fourth-order valence-corrected chi connectivity index (χ4v) is 2.70. The fraction of sp³-hybridized carbons (Fsp3) is 0.429. The van der Waals surface area contributed by atoms with Crippen LogP contribution in [0.4, 0.5) is 4.39 Å². The second-order valence-corrected chi connectivity index (χ2v) is 5.66. The Morgan fingerprint density at radius 3 is 2.67 bits per heavy atom. The van der Waals surface area contributed by atoms with Crippen LogP contribution in [0.3, 0.4) is 0 Å². The second kappa shape index (κ2) is 3.64. The van der Waals surface area contributed by atoms with Gasteiger partial charge in [0.2, 0.25) is 0 Å². The van der Waals surface area contributed by atoms with E-state index in [4.69, 9.17) is 0 Å². The van der Waals surface area contributed by atoms with E-state index in [0.29, 0.717) is 22.9 Å². The van der Waals surface area contributed by atoms with Crippen molar-refractivity contribution in [1.29, 1.82) is 0 Å². The van der Waals surface area contributed by atoms with Crippen LogP contribution in [-0.4, -0.2) is 15.0 Å². The molecule has 1 aromatic carbocycles. The Bertz CT molecular complexity index is 588. The Labute approximate surface area is 106 Å². The van der Waals surface area contributed by atoms with Crippen LogP contribution in [0.15, 0.2) is 30.5 Å². The lowest BCUT2D eigenvalue weighted by atomic mass is 10.1. The number of nitrogens with zero attached hydrogens (tertiary/aromatic N) is 3. The first-order valence-electron chi connectivity index (χ1n) is 6.18. The standard InChI is InChI=1S/C14H16FN3/c1-9-13(14(9,2)3)12-8-18(17-16-12)11-6-4-5-10(15)7-11/h4-9,13H,1-3H3/t9?,13-/m0/s1. The van der Waals surface area contributed by atoms with Gasteiger partial charge in [-0.2, -0.15) is 0 Å². The minimum atomic E-state index is -0.260. The van der Waals surface area contributed by atoms with Crippen molar-refractivity contribution in [3.8, 4) is 5.69 Å². The van der Waals surface area contributed by atoms with Crippen LogP contribution in [0, 0.1) is 17.2 Å². The largest absolute Gasteiger partial charge is 0.220 e. The van der Waals surface area contributed by atoms with Gasteiger partial charge in [-0.3, -0.25) is 0 Å². The van der Waals surface area contributed by atoms with Gasteiger partial charge in [0, 0.05) is 5.92 Å². The summed E-state index contributed by atoms with van der Waals surface area (Å²) in [6.45, 7) is 6.71. The fourth-order valence-electron chi connectivity index (χ4n) is 2.70. The minimum Gasteiger partial charge on any atom is -0.220 e. The van der Waals surface area contributed by atoms with Crippen molar-refractivity contribution in [2.24, 2.45) is 11.3 Å². The minimum absolute atomic E-state index is 0.260. The molecule has 1 aliphatic rings. The van der Waals surface area contributed by atoms with Crippen LogP contribution in [-0.2, 0) is 0 Å². The molecule has 0 radical (unpaired) electrons. The second-order valence-electron chi connectivity index (χ2n) is 5.66. The van der Waals surface area contributed by atoms with E-state index in [-0.39, 0.29) is 5.82 Å². The highest BCUT2D eigenvalue weighted by Gasteiger charge is 2.56. The van der Waals surface area contributed by atoms with Crippen molar-refractivity contribution in [2.45, 2.75) is 26.7 Å². The molecule has 0 spiro atoms. The topological polar surface area (TPSA) is 30.7 Å². The lowest BCUT2D eigenvalue weighted by Crippen LogP contribution is -1.94. The van der Waals surface area contributed by atoms with Crippen LogP contribution < -0.4 is 0 Å². The number of halogens is 1. The molecule has 1 aliphatic carbocycles. The molecule has 4 heteroatoms. The molecule has 0 aliphatic heterocycles. The van der Waals surface area contributed by atoms with E-state index >= 15 is 0 Å². The highest BCUT2D eigenvalue weighted by molar-refractivity contribution is 5.32. The summed E-state index contributed by atoms with van der Waals surface area (Å²) in [5.41, 5.74) is 2.00. The molecule has 1 saturated carbocycles. The molecule has 1 aromatic heterocycles. The van der Waals surface area contributed by atoms with Crippen molar-refractivity contribution in [3.63, 3.8) is 0 Å². The van der Waals surface area contributed by atoms with Gasteiger partial charge in [-0.05, 0) is 29.5 Å². The van der Waals surface area contributed by atoms with Crippen LogP contribution in [0.2, 0.25) is 0 Å². The molecule has 1 fully saturated rings. The number of rotatable bonds is 2. The molecule has 18 heavy (non-hydrogen) atoms. The smallest absolute Gasteiger partial charge is 0.125 e. The van der Waals surface area contributed by atoms with Gasteiger partial charge in [0.05, 0.1) is 17.6 Å². The van der Waals surface area contributed by atoms with Gasteiger partial charge in [-0.1, -0.05) is 32.1 Å². The maximum atomic E-state index is 13.2. The van der Waals surface area contributed by atoms with Crippen molar-refractivity contribution in [1.82, 2.24) is 15.0 Å². The number of hydrogen-bond acceptors (Lipinski definition) is 2. The van der Waals surface area contributed by atoms with Gasteiger partial charge in [0.15, 0.2) is 0 Å². The molecule has 0 amide bonds. The summed E-state index contributed by atoms with van der Waals surface area (Å²) in [6.07, 6.45) is 1.91. The average molecular weight is 245 g/mol. The van der Waals surface area contributed by atoms with E-state index in [1.54, 1.807) is 10.7 Å². The summed E-state index contributed by atoms with van der Waals surface area (Å²) in [6, 6.07) is 6.38. The van der Waals surface area contributed by atoms with Gasteiger partial charge in [-0.15, -0.1) is 5.10 Å². The van der Waals surface area contributed by atoms with E-state index in [0.717, 1.165) is 5.69 Å². The summed E-state index contributed by atoms with van der Waals surface area (Å²) >= 11 is 0. The molecule has 0 bridgehead atoms. The lowest BCUT2D eigenvalue weighted by molar-refractivity contribution is 0.573. The van der Waals surface area contributed by atoms with Crippen LogP contribution in [0.5, 0.6) is 0 Å². The maximum Gasteiger partial charge on any atom is 0.125 e. The number of hydrogen-bond donors (Lipinski definition) is 0. The lowest BCUT2D eigenvalue weighted by Gasteiger charge is -1.99.